The summed E-state index contributed by atoms with van der Waals surface area (Å²) in [7, 11) is -1.11. The standard InChI is InChI=1S/C15H28N2O4S/c1-15(21-2)7-3-9-17(12-15)14(18)16-8-4-13-5-10-22(19,20)11-6-13/h13H,3-12H2,1-2H3,(H,16,18). The number of carbonyl (C=O) groups excluding carboxylic acids is 1. The molecule has 2 aliphatic heterocycles. The van der Waals surface area contributed by atoms with Crippen molar-refractivity contribution in [3.8, 4) is 0 Å². The molecular weight excluding hydrogens is 304 g/mol. The minimum Gasteiger partial charge on any atom is -0.377 e. The SMILES string of the molecule is COC1(C)CCCN(C(=O)NCCC2CCS(=O)(=O)CC2)C1. The first-order chi connectivity index (χ1) is 10.3. The number of hydrogen-bond donors (Lipinski definition) is 1. The molecule has 2 amide bonds. The summed E-state index contributed by atoms with van der Waals surface area (Å²) in [4.78, 5) is 14.0. The van der Waals surface area contributed by atoms with Crippen LogP contribution in [0.2, 0.25) is 0 Å². The van der Waals surface area contributed by atoms with E-state index in [1.54, 1.807) is 7.11 Å². The van der Waals surface area contributed by atoms with Crippen LogP contribution in [0.15, 0.2) is 0 Å². The van der Waals surface area contributed by atoms with Crippen LogP contribution < -0.4 is 5.32 Å². The Morgan fingerprint density at radius 3 is 2.68 bits per heavy atom. The molecule has 1 unspecified atom stereocenters. The fraction of sp³-hybridized carbons (Fsp3) is 0.933. The summed E-state index contributed by atoms with van der Waals surface area (Å²) in [5.41, 5.74) is -0.243. The van der Waals surface area contributed by atoms with Crippen LogP contribution in [0.4, 0.5) is 4.79 Å². The first-order valence-electron chi connectivity index (χ1n) is 8.12. The second-order valence-electron chi connectivity index (χ2n) is 6.79. The van der Waals surface area contributed by atoms with E-state index in [1.165, 1.54) is 0 Å². The minimum atomic E-state index is -2.80. The van der Waals surface area contributed by atoms with Gasteiger partial charge in [0.2, 0.25) is 0 Å². The fourth-order valence-corrected chi connectivity index (χ4v) is 4.86. The molecule has 0 aromatic rings. The number of amides is 2. The summed E-state index contributed by atoms with van der Waals surface area (Å²) in [5.74, 6) is 1.00. The van der Waals surface area contributed by atoms with Crippen molar-refractivity contribution in [3.63, 3.8) is 0 Å². The molecule has 2 aliphatic rings. The van der Waals surface area contributed by atoms with E-state index in [0.717, 1.165) is 38.6 Å². The molecule has 2 saturated heterocycles. The number of carbonyl (C=O) groups is 1. The summed E-state index contributed by atoms with van der Waals surface area (Å²) >= 11 is 0. The van der Waals surface area contributed by atoms with Crippen LogP contribution in [0.1, 0.15) is 39.0 Å². The van der Waals surface area contributed by atoms with Gasteiger partial charge in [-0.05, 0) is 44.9 Å². The lowest BCUT2D eigenvalue weighted by Gasteiger charge is -2.39. The van der Waals surface area contributed by atoms with Gasteiger partial charge in [0.25, 0.3) is 0 Å². The summed E-state index contributed by atoms with van der Waals surface area (Å²) < 4.78 is 28.3. The van der Waals surface area contributed by atoms with Gasteiger partial charge in [0.05, 0.1) is 23.7 Å². The molecule has 0 bridgehead atoms. The van der Waals surface area contributed by atoms with Crippen molar-refractivity contribution < 1.29 is 17.9 Å². The number of nitrogens with zero attached hydrogens (tertiary/aromatic N) is 1. The van der Waals surface area contributed by atoms with Gasteiger partial charge >= 0.3 is 6.03 Å². The molecule has 0 saturated carbocycles. The smallest absolute Gasteiger partial charge is 0.317 e. The van der Waals surface area contributed by atoms with Crippen LogP contribution in [0.5, 0.6) is 0 Å². The molecule has 1 N–H and O–H groups in total. The third-order valence-electron chi connectivity index (χ3n) is 4.94. The van der Waals surface area contributed by atoms with Crippen molar-refractivity contribution in [2.75, 3.05) is 38.2 Å². The minimum absolute atomic E-state index is 0.0357. The van der Waals surface area contributed by atoms with Crippen molar-refractivity contribution in [1.82, 2.24) is 10.2 Å². The first kappa shape index (κ1) is 17.5. The van der Waals surface area contributed by atoms with Crippen molar-refractivity contribution in [3.05, 3.63) is 0 Å². The lowest BCUT2D eigenvalue weighted by atomic mass is 9.95. The topological polar surface area (TPSA) is 75.7 Å². The van der Waals surface area contributed by atoms with E-state index in [9.17, 15) is 13.2 Å². The van der Waals surface area contributed by atoms with E-state index in [2.05, 4.69) is 5.32 Å². The van der Waals surface area contributed by atoms with Gasteiger partial charge in [-0.1, -0.05) is 0 Å². The molecule has 1 atom stereocenters. The van der Waals surface area contributed by atoms with Gasteiger partial charge in [-0.25, -0.2) is 13.2 Å². The Kier molecular flexibility index (Phi) is 5.71. The third-order valence-corrected chi connectivity index (χ3v) is 6.66. The number of ether oxygens (including phenoxy) is 1. The van der Waals surface area contributed by atoms with Crippen LogP contribution in [0.25, 0.3) is 0 Å². The molecule has 0 spiro atoms. The average molecular weight is 332 g/mol. The summed E-state index contributed by atoms with van der Waals surface area (Å²) in [6.07, 6.45) is 4.24. The number of likely N-dealkylation sites (tertiary alicyclic amines) is 1. The number of piperidine rings is 1. The Bertz CT molecular complexity index is 480. The van der Waals surface area contributed by atoms with E-state index in [-0.39, 0.29) is 11.6 Å². The second-order valence-corrected chi connectivity index (χ2v) is 9.10. The monoisotopic (exact) mass is 332 g/mol. The van der Waals surface area contributed by atoms with Gasteiger partial charge < -0.3 is 15.0 Å². The van der Waals surface area contributed by atoms with Crippen molar-refractivity contribution in [1.29, 1.82) is 0 Å². The van der Waals surface area contributed by atoms with Gasteiger partial charge in [-0.2, -0.15) is 0 Å². The Labute approximate surface area is 133 Å². The van der Waals surface area contributed by atoms with Gasteiger partial charge in [-0.15, -0.1) is 0 Å². The zero-order chi connectivity index (χ0) is 16.2. The summed E-state index contributed by atoms with van der Waals surface area (Å²) in [6, 6.07) is -0.0357. The highest BCUT2D eigenvalue weighted by atomic mass is 32.2. The number of hydrogen-bond acceptors (Lipinski definition) is 4. The third kappa shape index (κ3) is 4.84. The molecule has 0 aromatic heterocycles. The van der Waals surface area contributed by atoms with E-state index in [4.69, 9.17) is 4.74 Å². The molecule has 6 nitrogen and oxygen atoms in total. The van der Waals surface area contributed by atoms with Crippen LogP contribution in [0.3, 0.4) is 0 Å². The molecule has 0 aliphatic carbocycles. The number of methoxy groups -OCH3 is 1. The summed E-state index contributed by atoms with van der Waals surface area (Å²) in [5, 5.41) is 2.96. The predicted octanol–water partition coefficient (Wildman–Crippen LogP) is 1.41. The molecule has 0 aromatic carbocycles. The van der Waals surface area contributed by atoms with Gasteiger partial charge in [0.15, 0.2) is 0 Å². The Morgan fingerprint density at radius 2 is 2.05 bits per heavy atom. The highest BCUT2D eigenvalue weighted by molar-refractivity contribution is 7.91. The highest BCUT2D eigenvalue weighted by Gasteiger charge is 2.33. The van der Waals surface area contributed by atoms with Gasteiger partial charge in [0.1, 0.15) is 9.84 Å². The maximum absolute atomic E-state index is 12.2. The van der Waals surface area contributed by atoms with Crippen LogP contribution in [0, 0.1) is 5.92 Å². The zero-order valence-electron chi connectivity index (χ0n) is 13.6. The largest absolute Gasteiger partial charge is 0.377 e. The number of sulfone groups is 1. The normalized spacial score (nSPS) is 29.3. The number of nitrogens with one attached hydrogen (secondary N) is 1. The predicted molar refractivity (Wildman–Crippen MR) is 85.6 cm³/mol. The van der Waals surface area contributed by atoms with Gasteiger partial charge in [0, 0.05) is 20.2 Å². The Morgan fingerprint density at radius 1 is 1.36 bits per heavy atom. The van der Waals surface area contributed by atoms with Crippen LogP contribution in [-0.2, 0) is 14.6 Å². The lowest BCUT2D eigenvalue weighted by molar-refractivity contribution is -0.0401. The van der Waals surface area contributed by atoms with E-state index in [0.29, 0.717) is 30.5 Å². The van der Waals surface area contributed by atoms with Crippen molar-refractivity contribution >= 4 is 15.9 Å². The lowest BCUT2D eigenvalue weighted by Crippen LogP contribution is -2.52. The van der Waals surface area contributed by atoms with Crippen LogP contribution >= 0.6 is 0 Å². The van der Waals surface area contributed by atoms with Crippen molar-refractivity contribution in [2.24, 2.45) is 5.92 Å². The molecular formula is C15H28N2O4S. The van der Waals surface area contributed by atoms with Crippen molar-refractivity contribution in [2.45, 2.75) is 44.6 Å². The van der Waals surface area contributed by atoms with E-state index < -0.39 is 9.84 Å². The Hall–Kier alpha value is -0.820. The summed E-state index contributed by atoms with van der Waals surface area (Å²) in [6.45, 7) is 4.04. The number of urea groups is 1. The van der Waals surface area contributed by atoms with E-state index >= 15 is 0 Å². The Balaban J connectivity index is 1.70. The second kappa shape index (κ2) is 7.17. The maximum atomic E-state index is 12.2. The molecule has 2 heterocycles. The maximum Gasteiger partial charge on any atom is 0.317 e. The molecule has 2 fully saturated rings. The molecule has 22 heavy (non-hydrogen) atoms. The van der Waals surface area contributed by atoms with Crippen LogP contribution in [-0.4, -0.2) is 63.2 Å². The average Bonchev–Trinajstić information content (AvgIpc) is 2.49. The highest BCUT2D eigenvalue weighted by Crippen LogP contribution is 2.24. The molecule has 7 heteroatoms. The fourth-order valence-electron chi connectivity index (χ4n) is 3.27. The first-order valence-corrected chi connectivity index (χ1v) is 9.94. The zero-order valence-corrected chi connectivity index (χ0v) is 14.5. The molecule has 2 rings (SSSR count). The quantitative estimate of drug-likeness (QED) is 0.844. The number of rotatable bonds is 4. The molecule has 0 radical (unpaired) electrons. The van der Waals surface area contributed by atoms with Gasteiger partial charge in [-0.3, -0.25) is 0 Å². The molecule has 128 valence electrons. The van der Waals surface area contributed by atoms with E-state index in [1.807, 2.05) is 11.8 Å².